The number of amides is 2. The molecule has 0 spiro atoms. The van der Waals surface area contributed by atoms with Crippen LogP contribution in [0, 0.1) is 11.3 Å². The quantitative estimate of drug-likeness (QED) is 0.213. The summed E-state index contributed by atoms with van der Waals surface area (Å²) in [6.45, 7) is 8.58. The minimum atomic E-state index is -0.579. The van der Waals surface area contributed by atoms with E-state index in [1.165, 1.54) is 0 Å². The van der Waals surface area contributed by atoms with E-state index in [1.54, 1.807) is 37.3 Å². The number of rotatable bonds is 11. The molecule has 0 N–H and O–H groups in total. The molecule has 0 saturated heterocycles. The zero-order valence-electron chi connectivity index (χ0n) is 21.5. The first-order valence-electron chi connectivity index (χ1n) is 12.2. The van der Waals surface area contributed by atoms with Gasteiger partial charge in [-0.1, -0.05) is 35.9 Å². The molecule has 0 atom stereocenters. The summed E-state index contributed by atoms with van der Waals surface area (Å²) in [5.41, 5.74) is 2.11. The van der Waals surface area contributed by atoms with E-state index in [-0.39, 0.29) is 30.4 Å². The molecule has 0 aliphatic carbocycles. The summed E-state index contributed by atoms with van der Waals surface area (Å²) in [5.74, 6) is 0.0203. The minimum absolute atomic E-state index is 0.0413. The molecule has 8 heteroatoms. The van der Waals surface area contributed by atoms with Gasteiger partial charge in [0.2, 0.25) is 0 Å². The Labute approximate surface area is 222 Å². The lowest BCUT2D eigenvalue weighted by atomic mass is 9.93. The topological polar surface area (TPSA) is 88.9 Å². The van der Waals surface area contributed by atoms with Gasteiger partial charge in [-0.25, -0.2) is 0 Å². The number of carbonyl (C=O) groups excluding carboxylic acids is 2. The van der Waals surface area contributed by atoms with E-state index in [2.05, 4.69) is 0 Å². The Morgan fingerprint density at radius 3 is 2.51 bits per heavy atom. The average Bonchev–Trinajstić information content (AvgIpc) is 2.87. The number of benzene rings is 2. The van der Waals surface area contributed by atoms with Gasteiger partial charge < -0.3 is 14.2 Å². The molecule has 1 aliphatic rings. The lowest BCUT2D eigenvalue weighted by molar-refractivity contribution is -0.140. The highest BCUT2D eigenvalue weighted by molar-refractivity contribution is 6.31. The van der Waals surface area contributed by atoms with Gasteiger partial charge in [-0.05, 0) is 69.5 Å². The van der Waals surface area contributed by atoms with E-state index in [0.717, 1.165) is 10.5 Å². The van der Waals surface area contributed by atoms with Crippen molar-refractivity contribution in [3.8, 4) is 17.6 Å². The molecule has 2 aromatic carbocycles. The van der Waals surface area contributed by atoms with E-state index in [9.17, 15) is 14.9 Å². The fraction of sp³-hybridized carbons (Fsp3) is 0.345. The second kappa shape index (κ2) is 13.1. The summed E-state index contributed by atoms with van der Waals surface area (Å²) < 4.78 is 17.3. The molecule has 0 unspecified atom stereocenters. The van der Waals surface area contributed by atoms with Gasteiger partial charge >= 0.3 is 0 Å². The van der Waals surface area contributed by atoms with Crippen LogP contribution in [0.3, 0.4) is 0 Å². The molecule has 0 radical (unpaired) electrons. The predicted octanol–water partition coefficient (Wildman–Crippen LogP) is 5.73. The van der Waals surface area contributed by atoms with Gasteiger partial charge in [0.25, 0.3) is 11.8 Å². The first-order valence-corrected chi connectivity index (χ1v) is 12.6. The van der Waals surface area contributed by atoms with Crippen molar-refractivity contribution >= 4 is 29.5 Å². The number of nitrogens with zero attached hydrogens (tertiary/aromatic N) is 2. The first-order chi connectivity index (χ1) is 17.8. The molecule has 2 amide bonds. The zero-order valence-corrected chi connectivity index (χ0v) is 22.3. The summed E-state index contributed by atoms with van der Waals surface area (Å²) >= 11 is 6.24. The lowest BCUT2D eigenvalue weighted by Crippen LogP contribution is -2.43. The summed E-state index contributed by atoms with van der Waals surface area (Å²) in [6.07, 6.45) is 2.20. The first kappa shape index (κ1) is 28.0. The van der Waals surface area contributed by atoms with Crippen LogP contribution in [0.1, 0.15) is 45.2 Å². The SMILES string of the molecule is CCOc1cc(/C=C2/C(=O)N(CCCOC(C)C)C(=O)C(C#N)=C2C)ccc1OCc1ccccc1Cl. The number of imide groups is 1. The van der Waals surface area contributed by atoms with Crippen molar-refractivity contribution in [1.82, 2.24) is 4.90 Å². The molecular formula is C29H31ClN2O5. The van der Waals surface area contributed by atoms with Crippen molar-refractivity contribution in [2.45, 2.75) is 46.8 Å². The Balaban J connectivity index is 1.88. The number of ether oxygens (including phenoxy) is 3. The number of hydrogen-bond donors (Lipinski definition) is 0. The van der Waals surface area contributed by atoms with Crippen LogP contribution in [0.15, 0.2) is 59.2 Å². The minimum Gasteiger partial charge on any atom is -0.490 e. The summed E-state index contributed by atoms with van der Waals surface area (Å²) in [6, 6.07) is 14.7. The van der Waals surface area contributed by atoms with Crippen LogP contribution in [0.5, 0.6) is 11.5 Å². The van der Waals surface area contributed by atoms with Gasteiger partial charge in [-0.3, -0.25) is 14.5 Å². The molecule has 0 aromatic heterocycles. The van der Waals surface area contributed by atoms with Crippen LogP contribution in [-0.4, -0.2) is 42.6 Å². The van der Waals surface area contributed by atoms with Gasteiger partial charge in [0.05, 0.1) is 12.7 Å². The molecule has 2 aromatic rings. The van der Waals surface area contributed by atoms with Crippen LogP contribution in [0.2, 0.25) is 5.02 Å². The molecule has 0 saturated carbocycles. The van der Waals surface area contributed by atoms with Gasteiger partial charge in [0.1, 0.15) is 18.2 Å². The molecule has 0 bridgehead atoms. The Bertz CT molecular complexity index is 1260. The van der Waals surface area contributed by atoms with E-state index in [0.29, 0.717) is 47.3 Å². The Morgan fingerprint density at radius 1 is 1.08 bits per heavy atom. The Kier molecular flexibility index (Phi) is 9.90. The molecular weight excluding hydrogens is 492 g/mol. The highest BCUT2D eigenvalue weighted by Gasteiger charge is 2.35. The van der Waals surface area contributed by atoms with E-state index in [1.807, 2.05) is 45.0 Å². The highest BCUT2D eigenvalue weighted by Crippen LogP contribution is 2.33. The van der Waals surface area contributed by atoms with Crippen LogP contribution >= 0.6 is 11.6 Å². The number of nitriles is 1. The highest BCUT2D eigenvalue weighted by atomic mass is 35.5. The van der Waals surface area contributed by atoms with Crippen molar-refractivity contribution in [2.24, 2.45) is 0 Å². The van der Waals surface area contributed by atoms with Crippen LogP contribution in [0.25, 0.3) is 6.08 Å². The Morgan fingerprint density at radius 2 is 1.84 bits per heavy atom. The normalized spacial score (nSPS) is 14.9. The third kappa shape index (κ3) is 7.00. The summed E-state index contributed by atoms with van der Waals surface area (Å²) in [7, 11) is 0. The van der Waals surface area contributed by atoms with Crippen LogP contribution in [-0.2, 0) is 20.9 Å². The Hall–Kier alpha value is -3.60. The number of hydrogen-bond acceptors (Lipinski definition) is 6. The van der Waals surface area contributed by atoms with Gasteiger partial charge in [0, 0.05) is 29.3 Å². The maximum Gasteiger partial charge on any atom is 0.271 e. The van der Waals surface area contributed by atoms with E-state index >= 15 is 0 Å². The maximum absolute atomic E-state index is 13.3. The monoisotopic (exact) mass is 522 g/mol. The third-order valence-electron chi connectivity index (χ3n) is 5.72. The molecule has 3 rings (SSSR count). The number of carbonyl (C=O) groups is 2. The largest absolute Gasteiger partial charge is 0.490 e. The zero-order chi connectivity index (χ0) is 26.9. The van der Waals surface area contributed by atoms with Crippen molar-refractivity contribution in [1.29, 1.82) is 5.26 Å². The average molecular weight is 523 g/mol. The van der Waals surface area contributed by atoms with Crippen molar-refractivity contribution in [3.63, 3.8) is 0 Å². The maximum atomic E-state index is 13.3. The van der Waals surface area contributed by atoms with Crippen molar-refractivity contribution < 1.29 is 23.8 Å². The lowest BCUT2D eigenvalue weighted by Gasteiger charge is -2.27. The van der Waals surface area contributed by atoms with E-state index < -0.39 is 11.8 Å². The molecule has 0 fully saturated rings. The third-order valence-corrected chi connectivity index (χ3v) is 6.09. The van der Waals surface area contributed by atoms with Gasteiger partial charge in [-0.15, -0.1) is 0 Å². The molecule has 7 nitrogen and oxygen atoms in total. The van der Waals surface area contributed by atoms with Crippen molar-refractivity contribution in [3.05, 3.63) is 75.3 Å². The van der Waals surface area contributed by atoms with Gasteiger partial charge in [-0.2, -0.15) is 5.26 Å². The smallest absolute Gasteiger partial charge is 0.271 e. The fourth-order valence-corrected chi connectivity index (χ4v) is 4.00. The van der Waals surface area contributed by atoms with Crippen LogP contribution in [0.4, 0.5) is 0 Å². The number of halogens is 1. The molecule has 194 valence electrons. The summed E-state index contributed by atoms with van der Waals surface area (Å²) in [5, 5.41) is 10.2. The molecule has 1 heterocycles. The second-order valence-electron chi connectivity index (χ2n) is 8.72. The predicted molar refractivity (Wildman–Crippen MR) is 142 cm³/mol. The van der Waals surface area contributed by atoms with E-state index in [4.69, 9.17) is 25.8 Å². The standard InChI is InChI=1S/C29H31ClN2O5/c1-5-35-27-16-21(11-12-26(27)37-18-22-9-6-7-10-25(22)30)15-23-20(4)24(17-31)29(34)32(28(23)33)13-8-14-36-19(2)3/h6-7,9-12,15-16,19H,5,8,13-14,18H2,1-4H3/b23-15+. The van der Waals surface area contributed by atoms with Gasteiger partial charge in [0.15, 0.2) is 11.5 Å². The molecule has 37 heavy (non-hydrogen) atoms. The van der Waals surface area contributed by atoms with Crippen LogP contribution < -0.4 is 9.47 Å². The summed E-state index contributed by atoms with van der Waals surface area (Å²) in [4.78, 5) is 27.2. The fourth-order valence-electron chi connectivity index (χ4n) is 3.81. The second-order valence-corrected chi connectivity index (χ2v) is 9.13. The molecule has 1 aliphatic heterocycles. The van der Waals surface area contributed by atoms with Crippen molar-refractivity contribution in [2.75, 3.05) is 19.8 Å².